The molecule has 0 unspecified atom stereocenters. The van der Waals surface area contributed by atoms with Gasteiger partial charge in [0.05, 0.1) is 28.4 Å². The van der Waals surface area contributed by atoms with Crippen LogP contribution in [0.2, 0.25) is 0 Å². The summed E-state index contributed by atoms with van der Waals surface area (Å²) in [5.41, 5.74) is 0.768. The zero-order chi connectivity index (χ0) is 12.3. The fourth-order valence-electron chi connectivity index (χ4n) is 1.19. The van der Waals surface area contributed by atoms with Crippen LogP contribution in [0.1, 0.15) is 15.4 Å². The lowest BCUT2D eigenvalue weighted by atomic mass is 10.4. The first-order chi connectivity index (χ1) is 8.16. The largest absolute Gasteiger partial charge is 0.347 e. The molecular formula is C9H8N4O3S. The number of H-pyrrole nitrogens is 1. The van der Waals surface area contributed by atoms with Crippen molar-refractivity contribution in [1.82, 2.24) is 15.3 Å². The highest BCUT2D eigenvalue weighted by Crippen LogP contribution is 2.23. The quantitative estimate of drug-likeness (QED) is 0.632. The Morgan fingerprint density at radius 1 is 1.59 bits per heavy atom. The number of rotatable bonds is 4. The Hall–Kier alpha value is -2.22. The molecule has 0 saturated carbocycles. The number of nitrogens with zero attached hydrogens (tertiary/aromatic N) is 2. The highest BCUT2D eigenvalue weighted by atomic mass is 32.1. The summed E-state index contributed by atoms with van der Waals surface area (Å²) in [7, 11) is 0. The first kappa shape index (κ1) is 11.3. The molecule has 7 nitrogen and oxygen atoms in total. The van der Waals surface area contributed by atoms with Crippen molar-refractivity contribution in [3.8, 4) is 0 Å². The molecule has 0 fully saturated rings. The van der Waals surface area contributed by atoms with Gasteiger partial charge in [0, 0.05) is 12.3 Å². The van der Waals surface area contributed by atoms with Crippen LogP contribution in [0, 0.1) is 10.1 Å². The van der Waals surface area contributed by atoms with Gasteiger partial charge in [-0.05, 0) is 6.07 Å². The number of carbonyl (C=O) groups excluding carboxylic acids is 1. The fraction of sp³-hybridized carbons (Fsp3) is 0.111. The standard InChI is InChI=1S/C9H8N4O3S/c14-9(11-4-6-3-10-5-12-6)7-1-2-8(17-7)13(15)16/h1-3,5H,4H2,(H,10,12)(H,11,14). The van der Waals surface area contributed by atoms with Gasteiger partial charge in [0.15, 0.2) is 0 Å². The maximum Gasteiger partial charge on any atom is 0.324 e. The van der Waals surface area contributed by atoms with Gasteiger partial charge in [-0.1, -0.05) is 11.3 Å². The van der Waals surface area contributed by atoms with Gasteiger partial charge in [-0.2, -0.15) is 0 Å². The number of nitro groups is 1. The van der Waals surface area contributed by atoms with E-state index in [4.69, 9.17) is 0 Å². The SMILES string of the molecule is O=C(NCc1cnc[nH]1)c1ccc([N+](=O)[O-])s1. The van der Waals surface area contributed by atoms with Gasteiger partial charge >= 0.3 is 5.00 Å². The number of aromatic amines is 1. The summed E-state index contributed by atoms with van der Waals surface area (Å²) < 4.78 is 0. The molecule has 17 heavy (non-hydrogen) atoms. The van der Waals surface area contributed by atoms with E-state index in [0.717, 1.165) is 17.0 Å². The molecule has 0 bridgehead atoms. The Balaban J connectivity index is 1.97. The molecule has 0 spiro atoms. The Kier molecular flexibility index (Phi) is 3.15. The topological polar surface area (TPSA) is 101 Å². The summed E-state index contributed by atoms with van der Waals surface area (Å²) in [6, 6.07) is 2.75. The van der Waals surface area contributed by atoms with Crippen molar-refractivity contribution in [2.45, 2.75) is 6.54 Å². The van der Waals surface area contributed by atoms with Gasteiger partial charge < -0.3 is 10.3 Å². The Morgan fingerprint density at radius 2 is 2.41 bits per heavy atom. The summed E-state index contributed by atoms with van der Waals surface area (Å²) in [6.07, 6.45) is 3.11. The average Bonchev–Trinajstić information content (AvgIpc) is 2.96. The van der Waals surface area contributed by atoms with E-state index in [1.807, 2.05) is 0 Å². The molecule has 0 aliphatic carbocycles. The lowest BCUT2D eigenvalue weighted by Crippen LogP contribution is -2.21. The molecule has 2 heterocycles. The Bertz CT molecular complexity index is 534. The predicted octanol–water partition coefficient (Wildman–Crippen LogP) is 1.31. The van der Waals surface area contributed by atoms with Crippen molar-refractivity contribution in [1.29, 1.82) is 0 Å². The molecule has 8 heteroatoms. The van der Waals surface area contributed by atoms with Crippen molar-refractivity contribution in [3.05, 3.63) is 45.3 Å². The van der Waals surface area contributed by atoms with Crippen molar-refractivity contribution in [2.24, 2.45) is 0 Å². The first-order valence-corrected chi connectivity index (χ1v) is 5.48. The van der Waals surface area contributed by atoms with Gasteiger partial charge in [-0.15, -0.1) is 0 Å². The normalized spacial score (nSPS) is 10.1. The lowest BCUT2D eigenvalue weighted by Gasteiger charge is -1.99. The number of carbonyl (C=O) groups is 1. The molecule has 2 aromatic heterocycles. The predicted molar refractivity (Wildman–Crippen MR) is 60.7 cm³/mol. The minimum atomic E-state index is -0.518. The van der Waals surface area contributed by atoms with E-state index >= 15 is 0 Å². The van der Waals surface area contributed by atoms with E-state index in [2.05, 4.69) is 15.3 Å². The third-order valence-electron chi connectivity index (χ3n) is 1.99. The van der Waals surface area contributed by atoms with E-state index < -0.39 is 4.92 Å². The summed E-state index contributed by atoms with van der Waals surface area (Å²) in [4.78, 5) is 28.5. The summed E-state index contributed by atoms with van der Waals surface area (Å²) in [5.74, 6) is -0.335. The number of imidazole rings is 1. The highest BCUT2D eigenvalue weighted by molar-refractivity contribution is 7.17. The minimum Gasteiger partial charge on any atom is -0.347 e. The van der Waals surface area contributed by atoms with Crippen LogP contribution in [-0.2, 0) is 6.54 Å². The van der Waals surface area contributed by atoms with Crippen molar-refractivity contribution in [2.75, 3.05) is 0 Å². The third-order valence-corrected chi connectivity index (χ3v) is 3.03. The molecule has 0 aliphatic rings. The van der Waals surface area contributed by atoms with E-state index in [0.29, 0.717) is 11.4 Å². The smallest absolute Gasteiger partial charge is 0.324 e. The second-order valence-electron chi connectivity index (χ2n) is 3.15. The fourth-order valence-corrected chi connectivity index (χ4v) is 1.93. The minimum absolute atomic E-state index is 0.0447. The Morgan fingerprint density at radius 3 is 3.00 bits per heavy atom. The van der Waals surface area contributed by atoms with Crippen molar-refractivity contribution >= 4 is 22.2 Å². The van der Waals surface area contributed by atoms with Crippen LogP contribution in [0.3, 0.4) is 0 Å². The maximum atomic E-state index is 11.6. The number of amides is 1. The van der Waals surface area contributed by atoms with Gasteiger partial charge in [0.2, 0.25) is 0 Å². The summed E-state index contributed by atoms with van der Waals surface area (Å²) in [6.45, 7) is 0.310. The maximum absolute atomic E-state index is 11.6. The van der Waals surface area contributed by atoms with Crippen molar-refractivity contribution in [3.63, 3.8) is 0 Å². The van der Waals surface area contributed by atoms with Crippen LogP contribution in [0.5, 0.6) is 0 Å². The van der Waals surface area contributed by atoms with E-state index in [1.165, 1.54) is 18.5 Å². The molecule has 0 aliphatic heterocycles. The summed E-state index contributed by atoms with van der Waals surface area (Å²) in [5, 5.41) is 13.0. The van der Waals surface area contributed by atoms with Gasteiger partial charge in [-0.25, -0.2) is 4.98 Å². The molecule has 0 saturated heterocycles. The van der Waals surface area contributed by atoms with Crippen molar-refractivity contribution < 1.29 is 9.72 Å². The van der Waals surface area contributed by atoms with Crippen LogP contribution in [-0.4, -0.2) is 20.8 Å². The zero-order valence-corrected chi connectivity index (χ0v) is 9.36. The number of hydrogen-bond acceptors (Lipinski definition) is 5. The second-order valence-corrected chi connectivity index (χ2v) is 4.22. The molecule has 1 amide bonds. The zero-order valence-electron chi connectivity index (χ0n) is 8.54. The number of nitrogens with one attached hydrogen (secondary N) is 2. The molecule has 2 aromatic rings. The first-order valence-electron chi connectivity index (χ1n) is 4.66. The van der Waals surface area contributed by atoms with Gasteiger partial charge in [0.1, 0.15) is 0 Å². The van der Waals surface area contributed by atoms with Crippen LogP contribution in [0.4, 0.5) is 5.00 Å². The van der Waals surface area contributed by atoms with Crippen LogP contribution >= 0.6 is 11.3 Å². The van der Waals surface area contributed by atoms with Crippen LogP contribution < -0.4 is 5.32 Å². The highest BCUT2D eigenvalue weighted by Gasteiger charge is 2.14. The number of thiophene rings is 1. The third kappa shape index (κ3) is 2.67. The molecule has 2 rings (SSSR count). The van der Waals surface area contributed by atoms with E-state index in [9.17, 15) is 14.9 Å². The monoisotopic (exact) mass is 252 g/mol. The molecule has 0 aromatic carbocycles. The van der Waals surface area contributed by atoms with Crippen LogP contribution in [0.15, 0.2) is 24.7 Å². The number of hydrogen-bond donors (Lipinski definition) is 2. The average molecular weight is 252 g/mol. The van der Waals surface area contributed by atoms with Gasteiger partial charge in [0.25, 0.3) is 5.91 Å². The van der Waals surface area contributed by atoms with E-state index in [-0.39, 0.29) is 10.9 Å². The van der Waals surface area contributed by atoms with E-state index in [1.54, 1.807) is 6.20 Å². The van der Waals surface area contributed by atoms with Gasteiger partial charge in [-0.3, -0.25) is 14.9 Å². The molecular weight excluding hydrogens is 244 g/mol. The Labute approximate surface area is 99.7 Å². The lowest BCUT2D eigenvalue weighted by molar-refractivity contribution is -0.380. The second kappa shape index (κ2) is 4.74. The molecule has 2 N–H and O–H groups in total. The summed E-state index contributed by atoms with van der Waals surface area (Å²) >= 11 is 0.849. The number of aromatic nitrogens is 2. The molecule has 88 valence electrons. The van der Waals surface area contributed by atoms with Crippen LogP contribution in [0.25, 0.3) is 0 Å². The molecule has 0 radical (unpaired) electrons. The molecule has 0 atom stereocenters.